The molecule has 0 spiro atoms. The highest BCUT2D eigenvalue weighted by Gasteiger charge is 2.22. The zero-order valence-electron chi connectivity index (χ0n) is 33.8. The molecule has 0 heterocycles. The lowest BCUT2D eigenvalue weighted by atomic mass is 10.1. The molecule has 54 heavy (non-hydrogen) atoms. The van der Waals surface area contributed by atoms with Crippen LogP contribution < -0.4 is 0 Å². The molecule has 8 nitrogen and oxygen atoms in total. The van der Waals surface area contributed by atoms with Crippen molar-refractivity contribution in [3.63, 3.8) is 0 Å². The number of rotatable bonds is 37. The van der Waals surface area contributed by atoms with Crippen LogP contribution in [-0.2, 0) is 28.2 Å². The number of hydrogen-bond acceptors (Lipinski definition) is 6. The van der Waals surface area contributed by atoms with Gasteiger partial charge in [0.05, 0.1) is 6.61 Å². The molecule has 0 aliphatic carbocycles. The van der Waals surface area contributed by atoms with Gasteiger partial charge in [0, 0.05) is 12.8 Å². The summed E-state index contributed by atoms with van der Waals surface area (Å²) < 4.78 is 26.4. The number of unbranched alkanes of at least 4 members (excludes halogenated alkanes) is 13. The molecule has 0 saturated heterocycles. The Morgan fingerprint density at radius 3 is 1.35 bits per heavy atom. The lowest BCUT2D eigenvalue weighted by Gasteiger charge is -2.18. The van der Waals surface area contributed by atoms with Gasteiger partial charge >= 0.3 is 19.8 Å². The minimum Gasteiger partial charge on any atom is -0.462 e. The molecule has 9 heteroatoms. The summed E-state index contributed by atoms with van der Waals surface area (Å²) in [7, 11) is -4.77. The van der Waals surface area contributed by atoms with Gasteiger partial charge in [0.1, 0.15) is 6.61 Å². The Kier molecular flexibility index (Phi) is 37.9. The molecule has 0 fully saturated rings. The fraction of sp³-hybridized carbons (Fsp3) is 0.644. The van der Waals surface area contributed by atoms with Crippen molar-refractivity contribution in [3.8, 4) is 0 Å². The molecule has 0 aromatic heterocycles. The molecular formula is C45H75O8P. The Morgan fingerprint density at radius 1 is 0.500 bits per heavy atom. The third-order valence-electron chi connectivity index (χ3n) is 8.40. The fourth-order valence-corrected chi connectivity index (χ4v) is 5.67. The maximum Gasteiger partial charge on any atom is 0.469 e. The maximum atomic E-state index is 12.4. The summed E-state index contributed by atoms with van der Waals surface area (Å²) in [6, 6.07) is 0. The van der Waals surface area contributed by atoms with Gasteiger partial charge in [-0.15, -0.1) is 0 Å². The Labute approximate surface area is 329 Å². The molecule has 0 amide bonds. The van der Waals surface area contributed by atoms with E-state index in [1.807, 2.05) is 0 Å². The lowest BCUT2D eigenvalue weighted by Crippen LogP contribution is -2.29. The van der Waals surface area contributed by atoms with E-state index in [1.54, 1.807) is 0 Å². The molecule has 0 bridgehead atoms. The first-order valence-corrected chi connectivity index (χ1v) is 22.4. The van der Waals surface area contributed by atoms with Crippen molar-refractivity contribution >= 4 is 19.8 Å². The van der Waals surface area contributed by atoms with Gasteiger partial charge in [-0.1, -0.05) is 150 Å². The van der Waals surface area contributed by atoms with Gasteiger partial charge in [-0.2, -0.15) is 0 Å². The molecule has 2 N–H and O–H groups in total. The van der Waals surface area contributed by atoms with E-state index in [2.05, 4.69) is 103 Å². The van der Waals surface area contributed by atoms with E-state index in [-0.39, 0.29) is 19.4 Å². The molecule has 0 radical (unpaired) electrons. The summed E-state index contributed by atoms with van der Waals surface area (Å²) in [5, 5.41) is 0. The number of carbonyl (C=O) groups is 2. The Balaban J connectivity index is 4.03. The van der Waals surface area contributed by atoms with Crippen molar-refractivity contribution in [2.45, 2.75) is 174 Å². The van der Waals surface area contributed by atoms with Crippen molar-refractivity contribution < 1.29 is 37.9 Å². The number of phosphoric acid groups is 1. The van der Waals surface area contributed by atoms with Crippen molar-refractivity contribution in [3.05, 3.63) is 85.1 Å². The normalized spacial score (nSPS) is 13.3. The molecule has 308 valence electrons. The first-order chi connectivity index (χ1) is 26.3. The van der Waals surface area contributed by atoms with Crippen LogP contribution in [0.1, 0.15) is 168 Å². The first-order valence-electron chi connectivity index (χ1n) is 20.9. The van der Waals surface area contributed by atoms with Crippen molar-refractivity contribution in [2.75, 3.05) is 13.2 Å². The molecule has 0 aromatic rings. The second kappa shape index (κ2) is 39.9. The third-order valence-corrected chi connectivity index (χ3v) is 8.88. The minimum atomic E-state index is -4.77. The number of ether oxygens (including phenoxy) is 2. The smallest absolute Gasteiger partial charge is 0.462 e. The fourth-order valence-electron chi connectivity index (χ4n) is 5.31. The number of phosphoric ester groups is 1. The summed E-state index contributed by atoms with van der Waals surface area (Å²) in [6.45, 7) is 3.50. The standard InChI is InChI=1S/C45H75O8P/c1-3-5-7-9-11-13-15-17-19-21-22-24-25-27-29-31-33-35-37-39-44(46)51-41-43(42-52-54(48,49)50)53-45(47)40-38-36-34-32-30-28-26-23-20-18-16-14-12-10-8-6-4-2/h5,7,11-14,17-20,22,24,27,29,43H,3-4,6,8-10,15-16,21,23,25-26,28,30-42H2,1-2H3,(H2,48,49,50)/b7-5+,13-11+,14-12+,19-17+,20-18+,24-22+,29-27+/t43-/m1/s1. The van der Waals surface area contributed by atoms with Gasteiger partial charge in [0.2, 0.25) is 0 Å². The van der Waals surface area contributed by atoms with E-state index in [0.29, 0.717) is 12.8 Å². The van der Waals surface area contributed by atoms with Gasteiger partial charge in [-0.3, -0.25) is 14.1 Å². The molecule has 0 aliphatic rings. The van der Waals surface area contributed by atoms with Gasteiger partial charge in [0.25, 0.3) is 0 Å². The van der Waals surface area contributed by atoms with Crippen LogP contribution in [0.4, 0.5) is 0 Å². The number of esters is 2. The van der Waals surface area contributed by atoms with E-state index in [4.69, 9.17) is 19.3 Å². The van der Waals surface area contributed by atoms with Gasteiger partial charge < -0.3 is 19.3 Å². The van der Waals surface area contributed by atoms with E-state index in [1.165, 1.54) is 44.9 Å². The molecule has 0 unspecified atom stereocenters. The van der Waals surface area contributed by atoms with Crippen molar-refractivity contribution in [1.82, 2.24) is 0 Å². The molecule has 0 aromatic carbocycles. The van der Waals surface area contributed by atoms with Gasteiger partial charge in [-0.05, 0) is 89.9 Å². The molecule has 1 atom stereocenters. The highest BCUT2D eigenvalue weighted by Crippen LogP contribution is 2.36. The van der Waals surface area contributed by atoms with E-state index in [9.17, 15) is 14.2 Å². The molecule has 0 saturated carbocycles. The Bertz CT molecular complexity index is 1140. The van der Waals surface area contributed by atoms with Crippen LogP contribution >= 0.6 is 7.82 Å². The van der Waals surface area contributed by atoms with Crippen LogP contribution in [0.5, 0.6) is 0 Å². The summed E-state index contributed by atoms with van der Waals surface area (Å²) in [4.78, 5) is 42.9. The predicted octanol–water partition coefficient (Wildman–Crippen LogP) is 12.8. The van der Waals surface area contributed by atoms with Crippen LogP contribution in [0.2, 0.25) is 0 Å². The highest BCUT2D eigenvalue weighted by molar-refractivity contribution is 7.46. The van der Waals surface area contributed by atoms with Crippen LogP contribution in [0, 0.1) is 0 Å². The van der Waals surface area contributed by atoms with Gasteiger partial charge in [-0.25, -0.2) is 4.57 Å². The Morgan fingerprint density at radius 2 is 0.889 bits per heavy atom. The van der Waals surface area contributed by atoms with Crippen LogP contribution in [0.25, 0.3) is 0 Å². The second-order valence-electron chi connectivity index (χ2n) is 13.6. The number of hydrogen-bond donors (Lipinski definition) is 2. The van der Waals surface area contributed by atoms with Crippen molar-refractivity contribution in [1.29, 1.82) is 0 Å². The summed E-state index contributed by atoms with van der Waals surface area (Å²) in [5.74, 6) is -0.938. The predicted molar refractivity (Wildman–Crippen MR) is 225 cm³/mol. The SMILES string of the molecule is CC/C=C/C/C=C/C/C=C/C/C=C/C/C=C/CCCCCC(=O)OC[C@H](COP(=O)(O)O)OC(=O)CCCCCCCCC/C=C/C/C=C/CCCCC. The quantitative estimate of drug-likeness (QED) is 0.0277. The summed E-state index contributed by atoms with van der Waals surface area (Å²) in [5.41, 5.74) is 0. The van der Waals surface area contributed by atoms with Crippen LogP contribution in [-0.4, -0.2) is 41.0 Å². The summed E-state index contributed by atoms with van der Waals surface area (Å²) in [6.07, 6.45) is 53.0. The first kappa shape index (κ1) is 51.2. The monoisotopic (exact) mass is 775 g/mol. The van der Waals surface area contributed by atoms with Gasteiger partial charge in [0.15, 0.2) is 6.10 Å². The van der Waals surface area contributed by atoms with E-state index >= 15 is 0 Å². The highest BCUT2D eigenvalue weighted by atomic mass is 31.2. The number of allylic oxidation sites excluding steroid dienone is 14. The minimum absolute atomic E-state index is 0.191. The molecule has 0 aliphatic heterocycles. The summed E-state index contributed by atoms with van der Waals surface area (Å²) >= 11 is 0. The number of carbonyl (C=O) groups excluding carboxylic acids is 2. The van der Waals surface area contributed by atoms with E-state index in [0.717, 1.165) is 83.5 Å². The second-order valence-corrected chi connectivity index (χ2v) is 14.8. The zero-order valence-corrected chi connectivity index (χ0v) is 34.7. The van der Waals surface area contributed by atoms with Crippen LogP contribution in [0.3, 0.4) is 0 Å². The molecular weight excluding hydrogens is 699 g/mol. The topological polar surface area (TPSA) is 119 Å². The maximum absolute atomic E-state index is 12.4. The Hall–Kier alpha value is -2.77. The average Bonchev–Trinajstić information content (AvgIpc) is 3.14. The zero-order chi connectivity index (χ0) is 39.6. The van der Waals surface area contributed by atoms with Crippen molar-refractivity contribution in [2.24, 2.45) is 0 Å². The van der Waals surface area contributed by atoms with E-state index < -0.39 is 32.5 Å². The molecule has 0 rings (SSSR count). The lowest BCUT2D eigenvalue weighted by molar-refractivity contribution is -0.161. The average molecular weight is 775 g/mol. The largest absolute Gasteiger partial charge is 0.469 e. The van der Waals surface area contributed by atoms with Crippen LogP contribution in [0.15, 0.2) is 85.1 Å². The third kappa shape index (κ3) is 42.0.